The number of hydrogen-bond acceptors (Lipinski definition) is 0. The molecule has 0 nitrogen and oxygen atoms in total. The molecule has 216 valence electrons. The number of fused-ring (bicyclic) bond motifs is 6. The molecule has 0 aliphatic heterocycles. The van der Waals surface area contributed by atoms with Crippen LogP contribution in [0.25, 0.3) is 11.1 Å². The average molecular weight is 585 g/mol. The van der Waals surface area contributed by atoms with Crippen molar-refractivity contribution in [1.82, 2.24) is 0 Å². The van der Waals surface area contributed by atoms with Crippen molar-refractivity contribution in [3.05, 3.63) is 212 Å². The van der Waals surface area contributed by atoms with E-state index in [1.807, 2.05) is 0 Å². The first kappa shape index (κ1) is 24.3. The SMILES string of the molecule is c1ccc2c(c1)CC13Cc4ccccc4C21c1ccccc1/C3=C1\c2ccccc2C23c4ccccc4CC12Cc1ccccc13. The molecule has 0 spiro atoms. The van der Waals surface area contributed by atoms with Crippen molar-refractivity contribution in [2.75, 3.05) is 0 Å². The van der Waals surface area contributed by atoms with Gasteiger partial charge in [0.2, 0.25) is 0 Å². The van der Waals surface area contributed by atoms with Crippen LogP contribution in [0.15, 0.2) is 146 Å². The smallest absolute Gasteiger partial charge is 0.0565 e. The molecule has 6 aliphatic rings. The van der Waals surface area contributed by atoms with E-state index in [1.165, 1.54) is 66.8 Å². The molecule has 46 heavy (non-hydrogen) atoms. The predicted octanol–water partition coefficient (Wildman–Crippen LogP) is 9.49. The highest BCUT2D eigenvalue weighted by Gasteiger charge is 2.74. The standard InChI is InChI=1S/C46H32/c1-7-19-35-29(13-1)25-43-26-30-14-2-8-20-36(30)45(35,43)39-23-11-5-17-33(39)41(43)42-34-18-6-12-24-40(34)46-37-21-9-3-15-31(37)27-44(42,46)28-32-16-4-10-22-38(32)46/h1-24H,25-28H2/b42-41-. The molecule has 0 heteroatoms. The Labute approximate surface area is 270 Å². The molecule has 0 atom stereocenters. The van der Waals surface area contributed by atoms with Gasteiger partial charge in [-0.15, -0.1) is 0 Å². The third-order valence-electron chi connectivity index (χ3n) is 13.5. The van der Waals surface area contributed by atoms with Crippen LogP contribution in [0.1, 0.15) is 66.8 Å². The van der Waals surface area contributed by atoms with Gasteiger partial charge in [0.1, 0.15) is 0 Å². The van der Waals surface area contributed by atoms with Crippen molar-refractivity contribution in [1.29, 1.82) is 0 Å². The molecule has 12 rings (SSSR count). The molecule has 0 unspecified atom stereocenters. The van der Waals surface area contributed by atoms with Crippen LogP contribution >= 0.6 is 0 Å². The van der Waals surface area contributed by atoms with Gasteiger partial charge in [-0.05, 0) is 104 Å². The lowest BCUT2D eigenvalue weighted by molar-refractivity contribution is 0.331. The summed E-state index contributed by atoms with van der Waals surface area (Å²) in [6, 6.07) is 56.9. The van der Waals surface area contributed by atoms with Crippen LogP contribution in [0, 0.1) is 10.8 Å². The van der Waals surface area contributed by atoms with Crippen LogP contribution in [0.4, 0.5) is 0 Å². The highest BCUT2D eigenvalue weighted by molar-refractivity contribution is 6.08. The first-order valence-electron chi connectivity index (χ1n) is 17.0. The van der Waals surface area contributed by atoms with Gasteiger partial charge in [0.25, 0.3) is 0 Å². The van der Waals surface area contributed by atoms with E-state index in [1.54, 1.807) is 11.1 Å². The lowest BCUT2D eigenvalue weighted by Gasteiger charge is -2.42. The Morgan fingerprint density at radius 1 is 0.283 bits per heavy atom. The van der Waals surface area contributed by atoms with Crippen molar-refractivity contribution >= 4 is 11.1 Å². The second kappa shape index (κ2) is 7.71. The number of hydrogen-bond donors (Lipinski definition) is 0. The maximum Gasteiger partial charge on any atom is 0.0565 e. The minimum absolute atomic E-state index is 0.0686. The minimum atomic E-state index is -0.174. The van der Waals surface area contributed by atoms with E-state index in [-0.39, 0.29) is 21.7 Å². The van der Waals surface area contributed by atoms with Crippen molar-refractivity contribution in [3.63, 3.8) is 0 Å². The van der Waals surface area contributed by atoms with E-state index in [9.17, 15) is 0 Å². The molecule has 6 aliphatic carbocycles. The fraction of sp³-hybridized carbons (Fsp3) is 0.174. The van der Waals surface area contributed by atoms with Gasteiger partial charge in [-0.25, -0.2) is 0 Å². The molecule has 0 fully saturated rings. The molecular weight excluding hydrogens is 553 g/mol. The first-order valence-corrected chi connectivity index (χ1v) is 17.0. The third-order valence-corrected chi connectivity index (χ3v) is 13.5. The van der Waals surface area contributed by atoms with E-state index < -0.39 is 0 Å². The van der Waals surface area contributed by atoms with Gasteiger partial charge >= 0.3 is 0 Å². The lowest BCUT2D eigenvalue weighted by atomic mass is 9.58. The zero-order chi connectivity index (χ0) is 29.9. The molecule has 0 aromatic heterocycles. The number of allylic oxidation sites excluding steroid dienone is 2. The predicted molar refractivity (Wildman–Crippen MR) is 185 cm³/mol. The maximum absolute atomic E-state index is 2.49. The third kappa shape index (κ3) is 2.24. The van der Waals surface area contributed by atoms with Gasteiger partial charge in [-0.2, -0.15) is 0 Å². The molecule has 0 N–H and O–H groups in total. The van der Waals surface area contributed by atoms with Crippen LogP contribution < -0.4 is 0 Å². The van der Waals surface area contributed by atoms with Gasteiger partial charge in [0.05, 0.1) is 10.8 Å². The van der Waals surface area contributed by atoms with Crippen molar-refractivity contribution in [3.8, 4) is 0 Å². The molecule has 0 radical (unpaired) electrons. The quantitative estimate of drug-likeness (QED) is 0.167. The highest BCUT2D eigenvalue weighted by atomic mass is 14.8. The summed E-state index contributed by atoms with van der Waals surface area (Å²) in [7, 11) is 0. The zero-order valence-electron chi connectivity index (χ0n) is 25.7. The van der Waals surface area contributed by atoms with Crippen molar-refractivity contribution < 1.29 is 0 Å². The summed E-state index contributed by atoms with van der Waals surface area (Å²) >= 11 is 0. The summed E-state index contributed by atoms with van der Waals surface area (Å²) in [5.74, 6) is 0. The highest BCUT2D eigenvalue weighted by Crippen LogP contribution is 2.81. The van der Waals surface area contributed by atoms with E-state index in [0.717, 1.165) is 25.7 Å². The van der Waals surface area contributed by atoms with Crippen molar-refractivity contribution in [2.24, 2.45) is 10.8 Å². The molecule has 0 saturated heterocycles. The van der Waals surface area contributed by atoms with E-state index in [0.29, 0.717) is 0 Å². The monoisotopic (exact) mass is 584 g/mol. The van der Waals surface area contributed by atoms with Gasteiger partial charge in [-0.1, -0.05) is 146 Å². The maximum atomic E-state index is 2.49. The van der Waals surface area contributed by atoms with Crippen LogP contribution in [0.5, 0.6) is 0 Å². The van der Waals surface area contributed by atoms with Crippen LogP contribution in [-0.2, 0) is 36.5 Å². The summed E-state index contributed by atoms with van der Waals surface area (Å²) in [4.78, 5) is 0. The molecular formula is C46H32. The van der Waals surface area contributed by atoms with E-state index in [4.69, 9.17) is 0 Å². The van der Waals surface area contributed by atoms with E-state index >= 15 is 0 Å². The molecule has 0 bridgehead atoms. The Balaban J connectivity index is 1.31. The Kier molecular flexibility index (Phi) is 4.07. The number of benzene rings is 6. The van der Waals surface area contributed by atoms with E-state index in [2.05, 4.69) is 146 Å². The molecule has 0 saturated carbocycles. The molecule has 6 aromatic carbocycles. The second-order valence-electron chi connectivity index (χ2n) is 14.8. The minimum Gasteiger partial charge on any atom is -0.0620 e. The molecule has 0 heterocycles. The van der Waals surface area contributed by atoms with Gasteiger partial charge < -0.3 is 0 Å². The van der Waals surface area contributed by atoms with Crippen LogP contribution in [0.3, 0.4) is 0 Å². The Hall–Kier alpha value is -4.94. The molecule has 0 amide bonds. The lowest BCUT2D eigenvalue weighted by Crippen LogP contribution is -2.40. The average Bonchev–Trinajstić information content (AvgIpc) is 3.84. The summed E-state index contributed by atoms with van der Waals surface area (Å²) in [5, 5.41) is 0. The molecule has 6 aromatic rings. The largest absolute Gasteiger partial charge is 0.0620 e. The Bertz CT molecular complexity index is 2130. The first-order chi connectivity index (χ1) is 22.8. The Morgan fingerprint density at radius 3 is 0.870 bits per heavy atom. The van der Waals surface area contributed by atoms with Gasteiger partial charge in [0, 0.05) is 10.8 Å². The zero-order valence-corrected chi connectivity index (χ0v) is 25.7. The fourth-order valence-corrected chi connectivity index (χ4v) is 12.6. The summed E-state index contributed by atoms with van der Waals surface area (Å²) < 4.78 is 0. The Morgan fingerprint density at radius 2 is 0.543 bits per heavy atom. The van der Waals surface area contributed by atoms with Gasteiger partial charge in [0.15, 0.2) is 0 Å². The normalized spacial score (nSPS) is 30.8. The van der Waals surface area contributed by atoms with Crippen molar-refractivity contribution in [2.45, 2.75) is 36.5 Å². The second-order valence-corrected chi connectivity index (χ2v) is 14.8. The fourth-order valence-electron chi connectivity index (χ4n) is 12.6. The van der Waals surface area contributed by atoms with Crippen LogP contribution in [-0.4, -0.2) is 0 Å². The topological polar surface area (TPSA) is 0 Å². The number of rotatable bonds is 0. The summed E-state index contributed by atoms with van der Waals surface area (Å²) in [6.07, 6.45) is 4.32. The van der Waals surface area contributed by atoms with Crippen LogP contribution in [0.2, 0.25) is 0 Å². The van der Waals surface area contributed by atoms with Gasteiger partial charge in [-0.3, -0.25) is 0 Å². The summed E-state index contributed by atoms with van der Waals surface area (Å²) in [6.45, 7) is 0. The summed E-state index contributed by atoms with van der Waals surface area (Å²) in [5.41, 5.74) is 21.1.